The summed E-state index contributed by atoms with van der Waals surface area (Å²) in [6.07, 6.45) is 4.63. The van der Waals surface area contributed by atoms with Crippen LogP contribution in [0.5, 0.6) is 0 Å². The third kappa shape index (κ3) is 4.34. The van der Waals surface area contributed by atoms with Gasteiger partial charge in [0.2, 0.25) is 0 Å². The summed E-state index contributed by atoms with van der Waals surface area (Å²) < 4.78 is 5.63. The summed E-state index contributed by atoms with van der Waals surface area (Å²) in [5.41, 5.74) is 1.06. The highest BCUT2D eigenvalue weighted by Crippen LogP contribution is 2.28. The minimum Gasteiger partial charge on any atom is -0.379 e. The molecule has 5 nitrogen and oxygen atoms in total. The lowest BCUT2D eigenvalue weighted by Gasteiger charge is -2.13. The molecule has 0 atom stereocenters. The Morgan fingerprint density at radius 3 is 2.65 bits per heavy atom. The minimum absolute atomic E-state index is 0.734. The van der Waals surface area contributed by atoms with E-state index < -0.39 is 0 Å². The van der Waals surface area contributed by atoms with Crippen molar-refractivity contribution in [3.8, 4) is 0 Å². The third-order valence-corrected chi connectivity index (χ3v) is 3.49. The second-order valence-electron chi connectivity index (χ2n) is 5.41. The molecule has 0 aromatic carbocycles. The van der Waals surface area contributed by atoms with E-state index >= 15 is 0 Å². The zero-order valence-corrected chi connectivity index (χ0v) is 12.8. The summed E-state index contributed by atoms with van der Waals surface area (Å²) in [6, 6.07) is 0. The average molecular weight is 278 g/mol. The third-order valence-electron chi connectivity index (χ3n) is 3.49. The molecule has 1 aromatic rings. The molecule has 0 saturated heterocycles. The lowest BCUT2D eigenvalue weighted by Crippen LogP contribution is -2.14. The SMILES string of the molecule is CCCc1nc(NC)c(C)c(NCCOCC2CC2)n1. The number of nitrogens with one attached hydrogen (secondary N) is 2. The van der Waals surface area contributed by atoms with Gasteiger partial charge in [-0.1, -0.05) is 6.92 Å². The van der Waals surface area contributed by atoms with Gasteiger partial charge in [-0.15, -0.1) is 0 Å². The van der Waals surface area contributed by atoms with Crippen LogP contribution in [0.25, 0.3) is 0 Å². The van der Waals surface area contributed by atoms with Crippen LogP contribution >= 0.6 is 0 Å². The summed E-state index contributed by atoms with van der Waals surface area (Å²) >= 11 is 0. The fourth-order valence-electron chi connectivity index (χ4n) is 2.09. The smallest absolute Gasteiger partial charge is 0.134 e. The van der Waals surface area contributed by atoms with Crippen LogP contribution < -0.4 is 10.6 Å². The van der Waals surface area contributed by atoms with Crippen molar-refractivity contribution in [2.45, 2.75) is 39.5 Å². The van der Waals surface area contributed by atoms with E-state index in [0.717, 1.165) is 61.5 Å². The molecule has 2 rings (SSSR count). The summed E-state index contributed by atoms with van der Waals surface area (Å²) in [6.45, 7) is 6.61. The molecule has 1 saturated carbocycles. The number of hydrogen-bond donors (Lipinski definition) is 2. The van der Waals surface area contributed by atoms with Crippen molar-refractivity contribution in [3.05, 3.63) is 11.4 Å². The summed E-state index contributed by atoms with van der Waals surface area (Å²) in [5.74, 6) is 3.54. The van der Waals surface area contributed by atoms with Gasteiger partial charge in [-0.2, -0.15) is 0 Å². The van der Waals surface area contributed by atoms with Crippen molar-refractivity contribution in [3.63, 3.8) is 0 Å². The molecule has 1 aromatic heterocycles. The van der Waals surface area contributed by atoms with Crippen LogP contribution in [0.1, 0.15) is 37.6 Å². The number of nitrogens with zero attached hydrogens (tertiary/aromatic N) is 2. The fourth-order valence-corrected chi connectivity index (χ4v) is 2.09. The van der Waals surface area contributed by atoms with Crippen LogP contribution in [-0.4, -0.2) is 36.8 Å². The van der Waals surface area contributed by atoms with Gasteiger partial charge in [0.15, 0.2) is 0 Å². The molecule has 5 heteroatoms. The maximum Gasteiger partial charge on any atom is 0.134 e. The predicted octanol–water partition coefficient (Wildman–Crippen LogP) is 2.62. The van der Waals surface area contributed by atoms with Gasteiger partial charge in [0.05, 0.1) is 6.61 Å². The average Bonchev–Trinajstić information content (AvgIpc) is 3.25. The lowest BCUT2D eigenvalue weighted by molar-refractivity contribution is 0.134. The Morgan fingerprint density at radius 2 is 2.00 bits per heavy atom. The standard InChI is InChI=1S/C15H26N4O/c1-4-5-13-18-14(16-3)11(2)15(19-13)17-8-9-20-10-12-6-7-12/h12H,4-10H2,1-3H3,(H2,16,17,18,19). The van der Waals surface area contributed by atoms with E-state index in [1.807, 2.05) is 14.0 Å². The van der Waals surface area contributed by atoms with Crippen molar-refractivity contribution in [2.75, 3.05) is 37.4 Å². The van der Waals surface area contributed by atoms with Gasteiger partial charge in [-0.05, 0) is 32.1 Å². The van der Waals surface area contributed by atoms with Gasteiger partial charge in [-0.3, -0.25) is 0 Å². The van der Waals surface area contributed by atoms with Crippen molar-refractivity contribution in [1.82, 2.24) is 9.97 Å². The first-order valence-corrected chi connectivity index (χ1v) is 7.61. The normalized spacial score (nSPS) is 14.3. The topological polar surface area (TPSA) is 59.1 Å². The largest absolute Gasteiger partial charge is 0.379 e. The molecular formula is C15H26N4O. The van der Waals surface area contributed by atoms with Gasteiger partial charge < -0.3 is 15.4 Å². The molecule has 1 aliphatic carbocycles. The number of ether oxygens (including phenoxy) is 1. The number of anilines is 2. The molecule has 2 N–H and O–H groups in total. The quantitative estimate of drug-likeness (QED) is 0.680. The van der Waals surface area contributed by atoms with Crippen molar-refractivity contribution >= 4 is 11.6 Å². The van der Waals surface area contributed by atoms with Gasteiger partial charge in [-0.25, -0.2) is 9.97 Å². The van der Waals surface area contributed by atoms with Crippen molar-refractivity contribution in [1.29, 1.82) is 0 Å². The van der Waals surface area contributed by atoms with E-state index in [9.17, 15) is 0 Å². The Bertz CT molecular complexity index is 432. The van der Waals surface area contributed by atoms with Crippen LogP contribution in [0, 0.1) is 12.8 Å². The van der Waals surface area contributed by atoms with Crippen LogP contribution in [0.3, 0.4) is 0 Å². The molecule has 112 valence electrons. The second kappa shape index (κ2) is 7.43. The molecule has 0 unspecified atom stereocenters. The number of aromatic nitrogens is 2. The fraction of sp³-hybridized carbons (Fsp3) is 0.733. The first kappa shape index (κ1) is 15.0. The highest BCUT2D eigenvalue weighted by molar-refractivity contribution is 5.56. The van der Waals surface area contributed by atoms with Crippen LogP contribution in [0.2, 0.25) is 0 Å². The van der Waals surface area contributed by atoms with Gasteiger partial charge in [0.25, 0.3) is 0 Å². The summed E-state index contributed by atoms with van der Waals surface area (Å²) in [7, 11) is 1.90. The summed E-state index contributed by atoms with van der Waals surface area (Å²) in [4.78, 5) is 9.12. The Hall–Kier alpha value is -1.36. The molecule has 0 aliphatic heterocycles. The molecule has 0 bridgehead atoms. The van der Waals surface area contributed by atoms with Gasteiger partial charge in [0.1, 0.15) is 17.5 Å². The predicted molar refractivity (Wildman–Crippen MR) is 82.3 cm³/mol. The Morgan fingerprint density at radius 1 is 1.25 bits per heavy atom. The number of aryl methyl sites for hydroxylation is 1. The Labute approximate surface area is 121 Å². The molecule has 1 heterocycles. The van der Waals surface area contributed by atoms with E-state index in [2.05, 4.69) is 27.5 Å². The number of hydrogen-bond acceptors (Lipinski definition) is 5. The molecule has 0 spiro atoms. The molecule has 0 radical (unpaired) electrons. The zero-order valence-electron chi connectivity index (χ0n) is 12.8. The molecular weight excluding hydrogens is 252 g/mol. The van der Waals surface area contributed by atoms with Crippen LogP contribution in [-0.2, 0) is 11.2 Å². The molecule has 0 amide bonds. The highest BCUT2D eigenvalue weighted by atomic mass is 16.5. The van der Waals surface area contributed by atoms with Crippen LogP contribution in [0.15, 0.2) is 0 Å². The van der Waals surface area contributed by atoms with E-state index in [1.54, 1.807) is 0 Å². The second-order valence-corrected chi connectivity index (χ2v) is 5.41. The molecule has 1 aliphatic rings. The maximum absolute atomic E-state index is 5.63. The van der Waals surface area contributed by atoms with E-state index in [4.69, 9.17) is 4.74 Å². The zero-order chi connectivity index (χ0) is 14.4. The summed E-state index contributed by atoms with van der Waals surface area (Å²) in [5, 5.41) is 6.50. The lowest BCUT2D eigenvalue weighted by atomic mass is 10.2. The van der Waals surface area contributed by atoms with E-state index in [1.165, 1.54) is 12.8 Å². The molecule has 20 heavy (non-hydrogen) atoms. The van der Waals surface area contributed by atoms with Crippen molar-refractivity contribution in [2.24, 2.45) is 5.92 Å². The first-order chi connectivity index (χ1) is 9.74. The highest BCUT2D eigenvalue weighted by Gasteiger charge is 2.20. The Balaban J connectivity index is 1.88. The van der Waals surface area contributed by atoms with Gasteiger partial charge in [0, 0.05) is 32.2 Å². The van der Waals surface area contributed by atoms with E-state index in [-0.39, 0.29) is 0 Å². The van der Waals surface area contributed by atoms with E-state index in [0.29, 0.717) is 0 Å². The van der Waals surface area contributed by atoms with Crippen molar-refractivity contribution < 1.29 is 4.74 Å². The minimum atomic E-state index is 0.734. The number of rotatable bonds is 9. The Kier molecular flexibility index (Phi) is 5.59. The monoisotopic (exact) mass is 278 g/mol. The first-order valence-electron chi connectivity index (χ1n) is 7.61. The van der Waals surface area contributed by atoms with Gasteiger partial charge >= 0.3 is 0 Å². The maximum atomic E-state index is 5.63. The molecule has 1 fully saturated rings. The van der Waals surface area contributed by atoms with Crippen LogP contribution in [0.4, 0.5) is 11.6 Å².